The molecule has 0 aliphatic heterocycles. The van der Waals surface area contributed by atoms with Crippen molar-refractivity contribution < 1.29 is 9.47 Å². The predicted molar refractivity (Wildman–Crippen MR) is 116 cm³/mol. The van der Waals surface area contributed by atoms with E-state index in [0.29, 0.717) is 0 Å². The van der Waals surface area contributed by atoms with Crippen LogP contribution in [0.15, 0.2) is 41.8 Å². The van der Waals surface area contributed by atoms with Gasteiger partial charge in [0.25, 0.3) is 0 Å². The highest BCUT2D eigenvalue weighted by Crippen LogP contribution is 2.29. The molecule has 1 N–H and O–H groups in total. The highest BCUT2D eigenvalue weighted by molar-refractivity contribution is 7.14. The Labute approximate surface area is 171 Å². The molecule has 1 aromatic heterocycles. The molecule has 27 heavy (non-hydrogen) atoms. The fraction of sp³-hybridized carbons (Fsp3) is 0.286. The lowest BCUT2D eigenvalue weighted by molar-refractivity contribution is 0.354. The van der Waals surface area contributed by atoms with Crippen LogP contribution in [0.2, 0.25) is 0 Å². The second-order valence-corrected chi connectivity index (χ2v) is 7.08. The zero-order valence-corrected chi connectivity index (χ0v) is 17.7. The summed E-state index contributed by atoms with van der Waals surface area (Å²) in [6, 6.07) is 12.5. The van der Waals surface area contributed by atoms with Gasteiger partial charge in [0.1, 0.15) is 0 Å². The van der Waals surface area contributed by atoms with E-state index < -0.39 is 0 Å². The van der Waals surface area contributed by atoms with Crippen molar-refractivity contribution >= 4 is 28.9 Å². The Balaban J connectivity index is 0.00000261. The molecule has 2 aromatic carbocycles. The number of nitrogens with zero attached hydrogens (tertiary/aromatic N) is 1. The molecule has 0 unspecified atom stereocenters. The number of hydrogen-bond donors (Lipinski definition) is 1. The van der Waals surface area contributed by atoms with Crippen LogP contribution in [0.1, 0.15) is 16.7 Å². The number of rotatable bonds is 7. The van der Waals surface area contributed by atoms with E-state index in [9.17, 15) is 0 Å². The first-order valence-corrected chi connectivity index (χ1v) is 9.46. The van der Waals surface area contributed by atoms with Gasteiger partial charge in [-0.1, -0.05) is 29.8 Å². The summed E-state index contributed by atoms with van der Waals surface area (Å²) >= 11 is 1.64. The molecule has 144 valence electrons. The van der Waals surface area contributed by atoms with Gasteiger partial charge in [-0.15, -0.1) is 23.7 Å². The maximum absolute atomic E-state index is 5.36. The Morgan fingerprint density at radius 2 is 1.78 bits per heavy atom. The van der Waals surface area contributed by atoms with Crippen LogP contribution in [0.5, 0.6) is 11.5 Å². The first-order valence-electron chi connectivity index (χ1n) is 8.58. The molecule has 0 bridgehead atoms. The van der Waals surface area contributed by atoms with E-state index in [0.717, 1.165) is 35.3 Å². The van der Waals surface area contributed by atoms with Gasteiger partial charge in [0, 0.05) is 17.5 Å². The van der Waals surface area contributed by atoms with Crippen LogP contribution in [0, 0.1) is 13.8 Å². The maximum atomic E-state index is 5.36. The summed E-state index contributed by atoms with van der Waals surface area (Å²) < 4.78 is 10.6. The third-order valence-electron chi connectivity index (χ3n) is 4.30. The SMILES string of the molecule is COc1ccc(CCNc2nc(-c3ccc(C)cc3C)cs2)cc1OC.Cl. The van der Waals surface area contributed by atoms with Gasteiger partial charge in [0.15, 0.2) is 16.6 Å². The highest BCUT2D eigenvalue weighted by atomic mass is 35.5. The average molecular weight is 405 g/mol. The summed E-state index contributed by atoms with van der Waals surface area (Å²) in [5.74, 6) is 1.51. The van der Waals surface area contributed by atoms with Crippen molar-refractivity contribution in [3.8, 4) is 22.8 Å². The first kappa shape index (κ1) is 21.1. The number of anilines is 1. The molecule has 3 aromatic rings. The summed E-state index contributed by atoms with van der Waals surface area (Å²) in [5.41, 5.74) is 5.95. The molecular formula is C21H25ClN2O2S. The van der Waals surface area contributed by atoms with Crippen LogP contribution in [0.4, 0.5) is 5.13 Å². The van der Waals surface area contributed by atoms with Gasteiger partial charge < -0.3 is 14.8 Å². The van der Waals surface area contributed by atoms with E-state index in [1.165, 1.54) is 22.3 Å². The van der Waals surface area contributed by atoms with Gasteiger partial charge in [-0.3, -0.25) is 0 Å². The maximum Gasteiger partial charge on any atom is 0.183 e. The molecular weight excluding hydrogens is 380 g/mol. The van der Waals surface area contributed by atoms with E-state index in [2.05, 4.69) is 48.8 Å². The van der Waals surface area contributed by atoms with Crippen LogP contribution < -0.4 is 14.8 Å². The number of ether oxygens (including phenoxy) is 2. The van der Waals surface area contributed by atoms with Crippen LogP contribution >= 0.6 is 23.7 Å². The molecule has 0 saturated heterocycles. The van der Waals surface area contributed by atoms with Crippen LogP contribution in [0.25, 0.3) is 11.3 Å². The molecule has 0 atom stereocenters. The lowest BCUT2D eigenvalue weighted by atomic mass is 10.0. The Bertz CT molecular complexity index is 896. The number of methoxy groups -OCH3 is 2. The summed E-state index contributed by atoms with van der Waals surface area (Å²) in [7, 11) is 3.30. The lowest BCUT2D eigenvalue weighted by Crippen LogP contribution is -2.05. The van der Waals surface area contributed by atoms with Crippen molar-refractivity contribution in [1.82, 2.24) is 4.98 Å². The van der Waals surface area contributed by atoms with Crippen LogP contribution in [-0.2, 0) is 6.42 Å². The standard InChI is InChI=1S/C21H24N2O2S.ClH/c1-14-5-7-17(15(2)11-14)18-13-26-21(23-18)22-10-9-16-6-8-19(24-3)20(12-16)25-4;/h5-8,11-13H,9-10H2,1-4H3,(H,22,23);1H. The molecule has 0 spiro atoms. The highest BCUT2D eigenvalue weighted by Gasteiger charge is 2.08. The minimum Gasteiger partial charge on any atom is -0.493 e. The molecule has 0 amide bonds. The number of benzene rings is 2. The normalized spacial score (nSPS) is 10.2. The number of nitrogens with one attached hydrogen (secondary N) is 1. The van der Waals surface area contributed by atoms with Crippen molar-refractivity contribution in [1.29, 1.82) is 0 Å². The molecule has 0 fully saturated rings. The Hall–Kier alpha value is -2.24. The van der Waals surface area contributed by atoms with E-state index >= 15 is 0 Å². The molecule has 0 aliphatic carbocycles. The van der Waals surface area contributed by atoms with Crippen molar-refractivity contribution in [3.63, 3.8) is 0 Å². The fourth-order valence-corrected chi connectivity index (χ4v) is 3.67. The summed E-state index contributed by atoms with van der Waals surface area (Å²) in [4.78, 5) is 4.73. The first-order chi connectivity index (χ1) is 12.6. The van der Waals surface area contributed by atoms with Crippen molar-refractivity contribution in [2.24, 2.45) is 0 Å². The van der Waals surface area contributed by atoms with Gasteiger partial charge in [0.05, 0.1) is 19.9 Å². The minimum absolute atomic E-state index is 0. The number of thiazole rings is 1. The number of hydrogen-bond acceptors (Lipinski definition) is 5. The summed E-state index contributed by atoms with van der Waals surface area (Å²) in [6.45, 7) is 5.06. The fourth-order valence-electron chi connectivity index (χ4n) is 2.93. The molecule has 6 heteroatoms. The number of aryl methyl sites for hydroxylation is 2. The Kier molecular flexibility index (Phi) is 7.51. The molecule has 0 saturated carbocycles. The van der Waals surface area contributed by atoms with Crippen LogP contribution in [0.3, 0.4) is 0 Å². The van der Waals surface area contributed by atoms with Crippen molar-refractivity contribution in [2.45, 2.75) is 20.3 Å². The van der Waals surface area contributed by atoms with E-state index in [4.69, 9.17) is 14.5 Å². The molecule has 3 rings (SSSR count). The van der Waals surface area contributed by atoms with E-state index in [1.807, 2.05) is 12.1 Å². The third kappa shape index (κ3) is 5.15. The number of halogens is 1. The van der Waals surface area contributed by atoms with Crippen LogP contribution in [-0.4, -0.2) is 25.7 Å². The zero-order valence-electron chi connectivity index (χ0n) is 16.0. The smallest absolute Gasteiger partial charge is 0.183 e. The molecule has 1 heterocycles. The Morgan fingerprint density at radius 3 is 2.48 bits per heavy atom. The third-order valence-corrected chi connectivity index (χ3v) is 5.10. The predicted octanol–water partition coefficient (Wildman–Crippen LogP) is 5.52. The largest absolute Gasteiger partial charge is 0.493 e. The van der Waals surface area contributed by atoms with Gasteiger partial charge >= 0.3 is 0 Å². The van der Waals surface area contributed by atoms with Gasteiger partial charge in [-0.25, -0.2) is 4.98 Å². The minimum atomic E-state index is 0. The molecule has 4 nitrogen and oxygen atoms in total. The van der Waals surface area contributed by atoms with E-state index in [-0.39, 0.29) is 12.4 Å². The van der Waals surface area contributed by atoms with Crippen molar-refractivity contribution in [3.05, 3.63) is 58.5 Å². The second kappa shape index (κ2) is 9.62. The second-order valence-electron chi connectivity index (χ2n) is 6.22. The lowest BCUT2D eigenvalue weighted by Gasteiger charge is -2.09. The monoisotopic (exact) mass is 404 g/mol. The molecule has 0 aliphatic rings. The average Bonchev–Trinajstić information content (AvgIpc) is 3.10. The Morgan fingerprint density at radius 1 is 1.00 bits per heavy atom. The number of aromatic nitrogens is 1. The topological polar surface area (TPSA) is 43.4 Å². The van der Waals surface area contributed by atoms with Gasteiger partial charge in [0.2, 0.25) is 0 Å². The quantitative estimate of drug-likeness (QED) is 0.563. The van der Waals surface area contributed by atoms with Gasteiger partial charge in [-0.05, 0) is 43.5 Å². The van der Waals surface area contributed by atoms with Crippen molar-refractivity contribution in [2.75, 3.05) is 26.1 Å². The summed E-state index contributed by atoms with van der Waals surface area (Å²) in [6.07, 6.45) is 0.888. The van der Waals surface area contributed by atoms with Gasteiger partial charge in [-0.2, -0.15) is 0 Å². The molecule has 0 radical (unpaired) electrons. The van der Waals surface area contributed by atoms with E-state index in [1.54, 1.807) is 25.6 Å². The summed E-state index contributed by atoms with van der Waals surface area (Å²) in [5, 5.41) is 6.47. The zero-order chi connectivity index (χ0) is 18.5.